The average Bonchev–Trinajstić information content (AvgIpc) is 2.46. The van der Waals surface area contributed by atoms with Crippen LogP contribution in [0.2, 0.25) is 0 Å². The van der Waals surface area contributed by atoms with Crippen molar-refractivity contribution in [2.75, 3.05) is 7.11 Å². The molecule has 1 atom stereocenters. The van der Waals surface area contributed by atoms with Gasteiger partial charge in [0.05, 0.1) is 12.7 Å². The molecule has 0 unspecified atom stereocenters. The smallest absolute Gasteiger partial charge is 0.337 e. The maximum atomic E-state index is 12.9. The number of rotatable bonds is 3. The molecular formula is C16H15FO2. The number of hydrogen-bond acceptors (Lipinski definition) is 2. The van der Waals surface area contributed by atoms with Crippen LogP contribution in [-0.4, -0.2) is 13.1 Å². The maximum absolute atomic E-state index is 12.9. The van der Waals surface area contributed by atoms with Gasteiger partial charge in [0.1, 0.15) is 5.82 Å². The first-order chi connectivity index (χ1) is 9.11. The molecule has 3 heteroatoms. The predicted octanol–water partition coefficient (Wildman–Crippen LogP) is 3.76. The molecule has 2 nitrogen and oxygen atoms in total. The first-order valence-electron chi connectivity index (χ1n) is 6.05. The number of benzene rings is 2. The molecule has 0 radical (unpaired) electrons. The van der Waals surface area contributed by atoms with Gasteiger partial charge < -0.3 is 4.74 Å². The zero-order valence-corrected chi connectivity index (χ0v) is 10.9. The van der Waals surface area contributed by atoms with Gasteiger partial charge >= 0.3 is 5.97 Å². The Balaban J connectivity index is 2.22. The minimum absolute atomic E-state index is 0.146. The summed E-state index contributed by atoms with van der Waals surface area (Å²) in [5.74, 6) is -0.440. The molecule has 0 amide bonds. The normalized spacial score (nSPS) is 11.9. The van der Waals surface area contributed by atoms with Crippen LogP contribution in [0.5, 0.6) is 0 Å². The number of ether oxygens (including phenoxy) is 1. The number of halogens is 1. The third-order valence-corrected chi connectivity index (χ3v) is 3.20. The van der Waals surface area contributed by atoms with E-state index in [2.05, 4.69) is 4.74 Å². The fraction of sp³-hybridized carbons (Fsp3) is 0.188. The fourth-order valence-corrected chi connectivity index (χ4v) is 1.97. The van der Waals surface area contributed by atoms with Gasteiger partial charge in [0.2, 0.25) is 0 Å². The molecule has 0 spiro atoms. The molecule has 2 aromatic carbocycles. The van der Waals surface area contributed by atoms with Gasteiger partial charge in [-0.3, -0.25) is 0 Å². The zero-order valence-electron chi connectivity index (χ0n) is 10.9. The Labute approximate surface area is 111 Å². The third kappa shape index (κ3) is 2.99. The first kappa shape index (κ1) is 13.3. The van der Waals surface area contributed by atoms with Gasteiger partial charge in [-0.25, -0.2) is 9.18 Å². The second-order valence-corrected chi connectivity index (χ2v) is 4.39. The summed E-state index contributed by atoms with van der Waals surface area (Å²) < 4.78 is 17.5. The molecule has 2 rings (SSSR count). The Morgan fingerprint density at radius 2 is 1.47 bits per heavy atom. The third-order valence-electron chi connectivity index (χ3n) is 3.20. The Bertz CT molecular complexity index is 558. The average molecular weight is 258 g/mol. The van der Waals surface area contributed by atoms with Crippen molar-refractivity contribution < 1.29 is 13.9 Å². The lowest BCUT2D eigenvalue weighted by atomic mass is 9.92. The Morgan fingerprint density at radius 3 is 1.95 bits per heavy atom. The number of methoxy groups -OCH3 is 1. The van der Waals surface area contributed by atoms with E-state index in [-0.39, 0.29) is 17.7 Å². The molecule has 2 aromatic rings. The van der Waals surface area contributed by atoms with Gasteiger partial charge in [0.15, 0.2) is 0 Å². The molecule has 19 heavy (non-hydrogen) atoms. The summed E-state index contributed by atoms with van der Waals surface area (Å²) in [5.41, 5.74) is 2.63. The van der Waals surface area contributed by atoms with E-state index >= 15 is 0 Å². The van der Waals surface area contributed by atoms with Crippen LogP contribution in [0.3, 0.4) is 0 Å². The summed E-state index contributed by atoms with van der Waals surface area (Å²) >= 11 is 0. The number of carbonyl (C=O) groups excluding carboxylic acids is 1. The number of esters is 1. The van der Waals surface area contributed by atoms with Crippen LogP contribution in [0.15, 0.2) is 48.5 Å². The highest BCUT2D eigenvalue weighted by molar-refractivity contribution is 5.89. The van der Waals surface area contributed by atoms with Gasteiger partial charge in [-0.2, -0.15) is 0 Å². The largest absolute Gasteiger partial charge is 0.465 e. The van der Waals surface area contributed by atoms with E-state index in [9.17, 15) is 9.18 Å². The highest BCUT2D eigenvalue weighted by atomic mass is 19.1. The molecule has 0 saturated carbocycles. The van der Waals surface area contributed by atoms with Gasteiger partial charge in [0, 0.05) is 5.92 Å². The summed E-state index contributed by atoms with van der Waals surface area (Å²) in [6.45, 7) is 2.04. The van der Waals surface area contributed by atoms with Crippen LogP contribution in [0, 0.1) is 5.82 Å². The van der Waals surface area contributed by atoms with Crippen LogP contribution in [0.4, 0.5) is 4.39 Å². The molecule has 0 aliphatic heterocycles. The van der Waals surface area contributed by atoms with Crippen molar-refractivity contribution in [1.29, 1.82) is 0 Å². The quantitative estimate of drug-likeness (QED) is 0.783. The van der Waals surface area contributed by atoms with Gasteiger partial charge in [-0.15, -0.1) is 0 Å². The minimum Gasteiger partial charge on any atom is -0.465 e. The van der Waals surface area contributed by atoms with E-state index in [1.54, 1.807) is 24.3 Å². The van der Waals surface area contributed by atoms with Gasteiger partial charge in [-0.1, -0.05) is 31.2 Å². The van der Waals surface area contributed by atoms with Crippen molar-refractivity contribution in [2.45, 2.75) is 12.8 Å². The van der Waals surface area contributed by atoms with Crippen LogP contribution in [-0.2, 0) is 4.74 Å². The Hall–Kier alpha value is -2.16. The highest BCUT2D eigenvalue weighted by Crippen LogP contribution is 2.24. The summed E-state index contributed by atoms with van der Waals surface area (Å²) in [6, 6.07) is 13.7. The van der Waals surface area contributed by atoms with Crippen molar-refractivity contribution in [3.63, 3.8) is 0 Å². The Morgan fingerprint density at radius 1 is 1.00 bits per heavy atom. The SMILES string of the molecule is COC(=O)c1ccc([C@H](C)c2ccc(F)cc2)cc1. The number of hydrogen-bond donors (Lipinski definition) is 0. The van der Waals surface area contributed by atoms with E-state index in [4.69, 9.17) is 0 Å². The lowest BCUT2D eigenvalue weighted by molar-refractivity contribution is 0.0600. The van der Waals surface area contributed by atoms with Crippen LogP contribution in [0.25, 0.3) is 0 Å². The van der Waals surface area contributed by atoms with Crippen molar-refractivity contribution in [1.82, 2.24) is 0 Å². The molecular weight excluding hydrogens is 243 g/mol. The van der Waals surface area contributed by atoms with Gasteiger partial charge in [0.25, 0.3) is 0 Å². The summed E-state index contributed by atoms with van der Waals surface area (Å²) in [7, 11) is 1.36. The van der Waals surface area contributed by atoms with Crippen LogP contribution < -0.4 is 0 Å². The number of carbonyl (C=O) groups is 1. The summed E-state index contributed by atoms with van der Waals surface area (Å²) in [6.07, 6.45) is 0. The molecule has 0 aliphatic carbocycles. The summed E-state index contributed by atoms with van der Waals surface area (Å²) in [4.78, 5) is 11.3. The molecule has 0 N–H and O–H groups in total. The lowest BCUT2D eigenvalue weighted by Crippen LogP contribution is -2.02. The zero-order chi connectivity index (χ0) is 13.8. The van der Waals surface area contributed by atoms with Crippen LogP contribution >= 0.6 is 0 Å². The van der Waals surface area contributed by atoms with E-state index in [0.717, 1.165) is 11.1 Å². The topological polar surface area (TPSA) is 26.3 Å². The predicted molar refractivity (Wildman–Crippen MR) is 71.7 cm³/mol. The van der Waals surface area contributed by atoms with E-state index in [1.165, 1.54) is 19.2 Å². The second kappa shape index (κ2) is 5.65. The van der Waals surface area contributed by atoms with Crippen molar-refractivity contribution in [2.24, 2.45) is 0 Å². The molecule has 0 saturated heterocycles. The molecule has 0 aromatic heterocycles. The van der Waals surface area contributed by atoms with E-state index in [0.29, 0.717) is 5.56 Å². The lowest BCUT2D eigenvalue weighted by Gasteiger charge is -2.12. The maximum Gasteiger partial charge on any atom is 0.337 e. The first-order valence-corrected chi connectivity index (χ1v) is 6.05. The molecule has 0 bridgehead atoms. The van der Waals surface area contributed by atoms with E-state index in [1.807, 2.05) is 19.1 Å². The second-order valence-electron chi connectivity index (χ2n) is 4.39. The fourth-order valence-electron chi connectivity index (χ4n) is 1.97. The molecule has 98 valence electrons. The monoisotopic (exact) mass is 258 g/mol. The standard InChI is InChI=1S/C16H15FO2/c1-11(13-7-9-15(17)10-8-13)12-3-5-14(6-4-12)16(18)19-2/h3-11H,1-2H3/t11-/m0/s1. The van der Waals surface area contributed by atoms with Gasteiger partial charge in [-0.05, 0) is 35.4 Å². The highest BCUT2D eigenvalue weighted by Gasteiger charge is 2.10. The Kier molecular flexibility index (Phi) is 3.95. The van der Waals surface area contributed by atoms with E-state index < -0.39 is 0 Å². The van der Waals surface area contributed by atoms with Crippen LogP contribution in [0.1, 0.15) is 34.3 Å². The van der Waals surface area contributed by atoms with Crippen molar-refractivity contribution >= 4 is 5.97 Å². The van der Waals surface area contributed by atoms with Crippen molar-refractivity contribution in [3.8, 4) is 0 Å². The molecule has 0 fully saturated rings. The molecule has 0 heterocycles. The minimum atomic E-state index is -0.346. The summed E-state index contributed by atoms with van der Waals surface area (Å²) in [5, 5.41) is 0. The molecule has 0 aliphatic rings. The van der Waals surface area contributed by atoms with Crippen molar-refractivity contribution in [3.05, 3.63) is 71.0 Å².